The lowest BCUT2D eigenvalue weighted by atomic mass is 10.0. The van der Waals surface area contributed by atoms with Crippen molar-refractivity contribution in [2.45, 2.75) is 39.3 Å². The Balaban J connectivity index is 2.59. The Kier molecular flexibility index (Phi) is 5.63. The molecule has 0 fully saturated rings. The molecule has 1 aromatic rings. The Morgan fingerprint density at radius 1 is 1.39 bits per heavy atom. The molecule has 0 aliphatic carbocycles. The number of nitrogens with two attached hydrogens (primary N) is 1. The Hall–Kier alpha value is -1.06. The molecule has 0 bridgehead atoms. The largest absolute Gasteiger partial charge is 0.348 e. The molecule has 0 aliphatic heterocycles. The number of nitrogens with one attached hydrogen (secondary N) is 1. The highest BCUT2D eigenvalue weighted by molar-refractivity contribution is 6.30. The maximum atomic E-state index is 11.9. The summed E-state index contributed by atoms with van der Waals surface area (Å²) in [5, 5.41) is 3.57. The summed E-state index contributed by atoms with van der Waals surface area (Å²) in [4.78, 5) is 11.9. The zero-order chi connectivity index (χ0) is 13.7. The fraction of sp³-hybridized carbons (Fsp3) is 0.500. The molecule has 1 aromatic carbocycles. The average molecular weight is 269 g/mol. The van der Waals surface area contributed by atoms with Crippen molar-refractivity contribution >= 4 is 17.5 Å². The molecule has 0 aromatic heterocycles. The summed E-state index contributed by atoms with van der Waals surface area (Å²) in [6.07, 6.45) is 0.689. The first-order valence-corrected chi connectivity index (χ1v) is 6.59. The molecule has 3 N–H and O–H groups in total. The molecule has 18 heavy (non-hydrogen) atoms. The third-order valence-electron chi connectivity index (χ3n) is 2.77. The highest BCUT2D eigenvalue weighted by Crippen LogP contribution is 2.17. The van der Waals surface area contributed by atoms with Crippen molar-refractivity contribution in [1.82, 2.24) is 5.32 Å². The Bertz CT molecular complexity index is 407. The molecule has 0 saturated heterocycles. The number of carbonyl (C=O) groups is 1. The minimum Gasteiger partial charge on any atom is -0.348 e. The van der Waals surface area contributed by atoms with Gasteiger partial charge in [-0.15, -0.1) is 0 Å². The monoisotopic (exact) mass is 268 g/mol. The van der Waals surface area contributed by atoms with Gasteiger partial charge < -0.3 is 11.1 Å². The fourth-order valence-electron chi connectivity index (χ4n) is 1.79. The lowest BCUT2D eigenvalue weighted by Crippen LogP contribution is -2.42. The van der Waals surface area contributed by atoms with Gasteiger partial charge in [-0.1, -0.05) is 37.6 Å². The van der Waals surface area contributed by atoms with Crippen LogP contribution < -0.4 is 11.1 Å². The molecule has 0 aliphatic rings. The highest BCUT2D eigenvalue weighted by Gasteiger charge is 2.17. The minimum absolute atomic E-state index is 0.0885. The van der Waals surface area contributed by atoms with E-state index in [1.165, 1.54) is 0 Å². The van der Waals surface area contributed by atoms with E-state index in [4.69, 9.17) is 17.3 Å². The summed E-state index contributed by atoms with van der Waals surface area (Å²) in [6.45, 7) is 6.02. The van der Waals surface area contributed by atoms with Crippen LogP contribution in [0.15, 0.2) is 24.3 Å². The van der Waals surface area contributed by atoms with Gasteiger partial charge in [0.1, 0.15) is 0 Å². The highest BCUT2D eigenvalue weighted by atomic mass is 35.5. The van der Waals surface area contributed by atoms with Crippen LogP contribution in [0, 0.1) is 5.92 Å². The number of rotatable bonds is 5. The molecule has 1 amide bonds. The maximum absolute atomic E-state index is 11.9. The summed E-state index contributed by atoms with van der Waals surface area (Å²) in [5.41, 5.74) is 6.82. The summed E-state index contributed by atoms with van der Waals surface area (Å²) < 4.78 is 0. The Labute approximate surface area is 114 Å². The van der Waals surface area contributed by atoms with E-state index in [0.29, 0.717) is 17.4 Å². The molecule has 3 nitrogen and oxygen atoms in total. The fourth-order valence-corrected chi connectivity index (χ4v) is 1.99. The van der Waals surface area contributed by atoms with Crippen LogP contribution in [0.5, 0.6) is 0 Å². The van der Waals surface area contributed by atoms with Gasteiger partial charge in [-0.25, -0.2) is 0 Å². The predicted molar refractivity (Wildman–Crippen MR) is 75.4 cm³/mol. The van der Waals surface area contributed by atoms with Crippen LogP contribution in [0.1, 0.15) is 38.8 Å². The lowest BCUT2D eigenvalue weighted by Gasteiger charge is -2.19. The third-order valence-corrected chi connectivity index (χ3v) is 3.00. The molecular weight excluding hydrogens is 248 g/mol. The van der Waals surface area contributed by atoms with Gasteiger partial charge in [0, 0.05) is 5.02 Å². The number of benzene rings is 1. The van der Waals surface area contributed by atoms with Gasteiger partial charge in [0.25, 0.3) is 0 Å². The Morgan fingerprint density at radius 2 is 2.06 bits per heavy atom. The van der Waals surface area contributed by atoms with Crippen LogP contribution >= 0.6 is 11.6 Å². The lowest BCUT2D eigenvalue weighted by molar-refractivity contribution is -0.123. The first-order valence-electron chi connectivity index (χ1n) is 6.21. The van der Waals surface area contributed by atoms with Crippen LogP contribution in [0.25, 0.3) is 0 Å². The van der Waals surface area contributed by atoms with Crippen molar-refractivity contribution < 1.29 is 4.79 Å². The van der Waals surface area contributed by atoms with Gasteiger partial charge in [0.15, 0.2) is 0 Å². The second-order valence-corrected chi connectivity index (χ2v) is 5.46. The second-order valence-electron chi connectivity index (χ2n) is 5.02. The smallest absolute Gasteiger partial charge is 0.237 e. The summed E-state index contributed by atoms with van der Waals surface area (Å²) >= 11 is 5.92. The zero-order valence-electron chi connectivity index (χ0n) is 11.1. The molecule has 0 heterocycles. The molecule has 1 rings (SSSR count). The summed E-state index contributed by atoms with van der Waals surface area (Å²) in [5.74, 6) is 0.295. The van der Waals surface area contributed by atoms with Crippen molar-refractivity contribution in [3.05, 3.63) is 34.9 Å². The first kappa shape index (κ1) is 15.0. The zero-order valence-corrected chi connectivity index (χ0v) is 11.9. The van der Waals surface area contributed by atoms with E-state index in [1.54, 1.807) is 0 Å². The molecule has 2 atom stereocenters. The molecule has 2 unspecified atom stereocenters. The summed E-state index contributed by atoms with van der Waals surface area (Å²) in [6, 6.07) is 6.92. The van der Waals surface area contributed by atoms with E-state index in [0.717, 1.165) is 5.56 Å². The van der Waals surface area contributed by atoms with Gasteiger partial charge in [-0.2, -0.15) is 0 Å². The number of amides is 1. The van der Waals surface area contributed by atoms with Crippen molar-refractivity contribution in [3.63, 3.8) is 0 Å². The maximum Gasteiger partial charge on any atom is 0.237 e. The van der Waals surface area contributed by atoms with E-state index < -0.39 is 6.04 Å². The third kappa shape index (κ3) is 4.67. The quantitative estimate of drug-likeness (QED) is 0.863. The van der Waals surface area contributed by atoms with E-state index in [-0.39, 0.29) is 11.9 Å². The van der Waals surface area contributed by atoms with Gasteiger partial charge in [0.2, 0.25) is 5.91 Å². The number of carbonyl (C=O) groups excluding carboxylic acids is 1. The molecule has 0 spiro atoms. The first-order chi connectivity index (χ1) is 8.40. The van der Waals surface area contributed by atoms with Crippen LogP contribution in [0.2, 0.25) is 5.02 Å². The SMILES string of the molecule is CC(C)CC(N)C(=O)NC(C)c1cccc(Cl)c1. The summed E-state index contributed by atoms with van der Waals surface area (Å²) in [7, 11) is 0. The van der Waals surface area contributed by atoms with Crippen LogP contribution in [0.4, 0.5) is 0 Å². The van der Waals surface area contributed by atoms with E-state index in [1.807, 2.05) is 45.0 Å². The molecule has 0 saturated carbocycles. The number of hydrogen-bond acceptors (Lipinski definition) is 2. The number of halogens is 1. The number of hydrogen-bond donors (Lipinski definition) is 2. The molecule has 4 heteroatoms. The van der Waals surface area contributed by atoms with E-state index in [2.05, 4.69) is 5.32 Å². The van der Waals surface area contributed by atoms with Crippen molar-refractivity contribution in [1.29, 1.82) is 0 Å². The second kappa shape index (κ2) is 6.76. The van der Waals surface area contributed by atoms with Gasteiger partial charge in [0.05, 0.1) is 12.1 Å². The van der Waals surface area contributed by atoms with Crippen LogP contribution in [0.3, 0.4) is 0 Å². The van der Waals surface area contributed by atoms with Gasteiger partial charge in [-0.3, -0.25) is 4.79 Å². The minimum atomic E-state index is -0.452. The normalized spacial score (nSPS) is 14.3. The molecular formula is C14H21ClN2O. The van der Waals surface area contributed by atoms with Crippen LogP contribution in [-0.4, -0.2) is 11.9 Å². The van der Waals surface area contributed by atoms with Gasteiger partial charge >= 0.3 is 0 Å². The van der Waals surface area contributed by atoms with E-state index >= 15 is 0 Å². The van der Waals surface area contributed by atoms with Crippen LogP contribution in [-0.2, 0) is 4.79 Å². The predicted octanol–water partition coefficient (Wildman–Crippen LogP) is 2.89. The van der Waals surface area contributed by atoms with Crippen molar-refractivity contribution in [2.75, 3.05) is 0 Å². The topological polar surface area (TPSA) is 55.1 Å². The Morgan fingerprint density at radius 3 is 2.61 bits per heavy atom. The van der Waals surface area contributed by atoms with Crippen molar-refractivity contribution in [2.24, 2.45) is 11.7 Å². The van der Waals surface area contributed by atoms with Crippen molar-refractivity contribution in [3.8, 4) is 0 Å². The van der Waals surface area contributed by atoms with E-state index in [9.17, 15) is 4.79 Å². The standard InChI is InChI=1S/C14H21ClN2O/c1-9(2)7-13(16)14(18)17-10(3)11-5-4-6-12(15)8-11/h4-6,8-10,13H,7,16H2,1-3H3,(H,17,18). The van der Waals surface area contributed by atoms with Gasteiger partial charge in [-0.05, 0) is 37.0 Å². The molecule has 100 valence electrons. The average Bonchev–Trinajstić information content (AvgIpc) is 2.27. The molecule has 0 radical (unpaired) electrons.